The van der Waals surface area contributed by atoms with Gasteiger partial charge in [-0.2, -0.15) is 0 Å². The summed E-state index contributed by atoms with van der Waals surface area (Å²) in [4.78, 5) is 42.0. The fourth-order valence-electron chi connectivity index (χ4n) is 5.06. The molecule has 8 nitrogen and oxygen atoms in total. The maximum atomic E-state index is 14.8. The summed E-state index contributed by atoms with van der Waals surface area (Å²) in [6.45, 7) is 6.80. The van der Waals surface area contributed by atoms with Crippen LogP contribution in [-0.4, -0.2) is 26.5 Å². The number of hydrogen-bond acceptors (Lipinski definition) is 6. The number of halogens is 1. The van der Waals surface area contributed by atoms with E-state index in [1.54, 1.807) is 24.5 Å². The number of amides is 1. The van der Waals surface area contributed by atoms with E-state index in [9.17, 15) is 23.9 Å². The first-order valence-corrected chi connectivity index (χ1v) is 11.1. The molecule has 2 aromatic heterocycles. The van der Waals surface area contributed by atoms with Gasteiger partial charge in [0.2, 0.25) is 5.91 Å². The standard InChI is InChI=1S/C25H24FN3O5/c1-5-25(33)17-6-20-22-15(9-29(20)23(31)16(17)10-34-24(25)32)12(3)21-14(8-27-13(4)30)11(2)18(26)7-19(21)28-22/h6-7,33H,5,8-10H2,1-4H3,(H,27,30)/t25-/m0/s1. The van der Waals surface area contributed by atoms with Crippen LogP contribution in [0.3, 0.4) is 0 Å². The van der Waals surface area contributed by atoms with Crippen LogP contribution in [0.5, 0.6) is 0 Å². The van der Waals surface area contributed by atoms with Crippen molar-refractivity contribution in [1.82, 2.24) is 14.9 Å². The Morgan fingerprint density at radius 2 is 2.00 bits per heavy atom. The zero-order valence-corrected chi connectivity index (χ0v) is 19.3. The Bertz CT molecular complexity index is 1490. The van der Waals surface area contributed by atoms with Crippen LogP contribution < -0.4 is 10.9 Å². The molecule has 5 rings (SSSR count). The molecule has 4 heterocycles. The first-order chi connectivity index (χ1) is 16.1. The molecule has 2 N–H and O–H groups in total. The monoisotopic (exact) mass is 465 g/mol. The largest absolute Gasteiger partial charge is 0.458 e. The number of nitrogens with one attached hydrogen (secondary N) is 1. The molecule has 9 heteroatoms. The van der Waals surface area contributed by atoms with Crippen molar-refractivity contribution < 1.29 is 23.8 Å². The van der Waals surface area contributed by atoms with Gasteiger partial charge in [0.1, 0.15) is 12.4 Å². The Morgan fingerprint density at radius 1 is 1.26 bits per heavy atom. The quantitative estimate of drug-likeness (QED) is 0.450. The summed E-state index contributed by atoms with van der Waals surface area (Å²) in [5.74, 6) is -1.45. The maximum Gasteiger partial charge on any atom is 0.343 e. The number of benzene rings is 1. The van der Waals surface area contributed by atoms with Crippen molar-refractivity contribution in [2.75, 3.05) is 0 Å². The number of esters is 1. The van der Waals surface area contributed by atoms with E-state index in [-0.39, 0.29) is 48.7 Å². The molecule has 1 aromatic carbocycles. The summed E-state index contributed by atoms with van der Waals surface area (Å²) >= 11 is 0. The minimum Gasteiger partial charge on any atom is -0.458 e. The average Bonchev–Trinajstić information content (AvgIpc) is 3.16. The van der Waals surface area contributed by atoms with Crippen LogP contribution in [0.4, 0.5) is 4.39 Å². The van der Waals surface area contributed by atoms with Crippen molar-refractivity contribution in [1.29, 1.82) is 0 Å². The van der Waals surface area contributed by atoms with E-state index in [4.69, 9.17) is 9.72 Å². The highest BCUT2D eigenvalue weighted by atomic mass is 19.1. The van der Waals surface area contributed by atoms with E-state index >= 15 is 0 Å². The lowest BCUT2D eigenvalue weighted by atomic mass is 9.86. The molecular weight excluding hydrogens is 441 g/mol. The lowest BCUT2D eigenvalue weighted by Gasteiger charge is -2.31. The van der Waals surface area contributed by atoms with Crippen molar-refractivity contribution in [3.8, 4) is 11.4 Å². The van der Waals surface area contributed by atoms with Gasteiger partial charge in [-0.25, -0.2) is 14.2 Å². The molecule has 0 bridgehead atoms. The Kier molecular flexibility index (Phi) is 4.87. The number of rotatable bonds is 3. The van der Waals surface area contributed by atoms with Crippen LogP contribution in [0.25, 0.3) is 22.3 Å². The van der Waals surface area contributed by atoms with Gasteiger partial charge in [0, 0.05) is 36.0 Å². The summed E-state index contributed by atoms with van der Waals surface area (Å²) in [7, 11) is 0. The summed E-state index contributed by atoms with van der Waals surface area (Å²) < 4.78 is 21.5. The van der Waals surface area contributed by atoms with Crippen molar-refractivity contribution in [3.63, 3.8) is 0 Å². The second-order valence-corrected chi connectivity index (χ2v) is 8.93. The molecule has 2 aliphatic rings. The topological polar surface area (TPSA) is 111 Å². The number of ether oxygens (including phenoxy) is 1. The predicted molar refractivity (Wildman–Crippen MR) is 121 cm³/mol. The fourth-order valence-corrected chi connectivity index (χ4v) is 5.06. The van der Waals surface area contributed by atoms with Gasteiger partial charge < -0.3 is 19.7 Å². The number of cyclic esters (lactones) is 1. The van der Waals surface area contributed by atoms with Gasteiger partial charge >= 0.3 is 5.97 Å². The zero-order valence-electron chi connectivity index (χ0n) is 19.3. The summed E-state index contributed by atoms with van der Waals surface area (Å²) in [5, 5.41) is 14.5. The molecule has 2 aliphatic heterocycles. The van der Waals surface area contributed by atoms with Crippen molar-refractivity contribution in [3.05, 3.63) is 61.7 Å². The maximum absolute atomic E-state index is 14.8. The number of hydrogen-bond donors (Lipinski definition) is 2. The van der Waals surface area contributed by atoms with Crippen LogP contribution in [0.2, 0.25) is 0 Å². The van der Waals surface area contributed by atoms with Gasteiger partial charge in [-0.05, 0) is 43.0 Å². The van der Waals surface area contributed by atoms with Gasteiger partial charge in [0.15, 0.2) is 5.60 Å². The number of pyridine rings is 2. The first-order valence-electron chi connectivity index (χ1n) is 11.1. The molecule has 0 saturated carbocycles. The number of aliphatic hydroxyl groups is 1. The SMILES string of the molecule is CC[C@@]1(O)C(=O)OCc2c1cc1n(c2=O)Cc2c-1nc1cc(F)c(C)c(CNC(C)=O)c1c2C. The van der Waals surface area contributed by atoms with Crippen LogP contribution in [0.15, 0.2) is 16.9 Å². The van der Waals surface area contributed by atoms with E-state index in [0.717, 1.165) is 16.5 Å². The highest BCUT2D eigenvalue weighted by Crippen LogP contribution is 2.41. The molecule has 0 fully saturated rings. The molecular formula is C25H24FN3O5. The highest BCUT2D eigenvalue weighted by molar-refractivity contribution is 5.92. The van der Waals surface area contributed by atoms with Crippen molar-refractivity contribution in [2.45, 2.75) is 59.4 Å². The van der Waals surface area contributed by atoms with Gasteiger partial charge in [-0.15, -0.1) is 0 Å². The Balaban J connectivity index is 1.78. The summed E-state index contributed by atoms with van der Waals surface area (Å²) in [6.07, 6.45) is 0.0513. The van der Waals surface area contributed by atoms with Gasteiger partial charge in [0.25, 0.3) is 5.56 Å². The van der Waals surface area contributed by atoms with E-state index in [2.05, 4.69) is 5.32 Å². The normalized spacial score (nSPS) is 18.4. The summed E-state index contributed by atoms with van der Waals surface area (Å²) in [5.41, 5.74) is 2.30. The number of carbonyl (C=O) groups excluding carboxylic acids is 2. The molecule has 0 saturated heterocycles. The molecule has 34 heavy (non-hydrogen) atoms. The molecule has 3 aromatic rings. The lowest BCUT2D eigenvalue weighted by molar-refractivity contribution is -0.172. The minimum atomic E-state index is -1.91. The number of carbonyl (C=O) groups is 2. The third-order valence-corrected chi connectivity index (χ3v) is 7.09. The van der Waals surface area contributed by atoms with Crippen LogP contribution in [-0.2, 0) is 39.6 Å². The molecule has 0 spiro atoms. The van der Waals surface area contributed by atoms with Crippen molar-refractivity contribution >= 4 is 22.8 Å². The lowest BCUT2D eigenvalue weighted by Crippen LogP contribution is -2.44. The molecule has 176 valence electrons. The third kappa shape index (κ3) is 2.93. The number of aryl methyl sites for hydroxylation is 1. The van der Waals surface area contributed by atoms with Gasteiger partial charge in [-0.3, -0.25) is 9.59 Å². The molecule has 1 atom stereocenters. The van der Waals surface area contributed by atoms with Gasteiger partial charge in [0.05, 0.1) is 29.0 Å². The van der Waals surface area contributed by atoms with Crippen LogP contribution in [0.1, 0.15) is 53.6 Å². The Morgan fingerprint density at radius 3 is 2.68 bits per heavy atom. The number of nitrogens with zero attached hydrogens (tertiary/aromatic N) is 2. The van der Waals surface area contributed by atoms with Crippen LogP contribution in [0, 0.1) is 19.7 Å². The Labute approximate surface area is 194 Å². The van der Waals surface area contributed by atoms with Crippen LogP contribution >= 0.6 is 0 Å². The number of aromatic nitrogens is 2. The second-order valence-electron chi connectivity index (χ2n) is 8.93. The van der Waals surface area contributed by atoms with E-state index in [1.165, 1.54) is 13.0 Å². The average molecular weight is 465 g/mol. The van der Waals surface area contributed by atoms with E-state index in [0.29, 0.717) is 28.0 Å². The van der Waals surface area contributed by atoms with E-state index < -0.39 is 17.4 Å². The Hall–Kier alpha value is -3.59. The molecule has 0 radical (unpaired) electrons. The first kappa shape index (κ1) is 22.2. The fraction of sp³-hybridized carbons (Fsp3) is 0.360. The second kappa shape index (κ2) is 7.46. The number of fused-ring (bicyclic) bond motifs is 5. The highest BCUT2D eigenvalue weighted by Gasteiger charge is 2.45. The zero-order chi connectivity index (χ0) is 24.5. The molecule has 0 unspecified atom stereocenters. The predicted octanol–water partition coefficient (Wildman–Crippen LogP) is 2.47. The molecule has 0 aliphatic carbocycles. The third-order valence-electron chi connectivity index (χ3n) is 7.09. The van der Waals surface area contributed by atoms with E-state index in [1.807, 2.05) is 6.92 Å². The smallest absolute Gasteiger partial charge is 0.343 e. The minimum absolute atomic E-state index is 0.0513. The molecule has 1 amide bonds. The van der Waals surface area contributed by atoms with Crippen molar-refractivity contribution in [2.24, 2.45) is 0 Å². The van der Waals surface area contributed by atoms with Gasteiger partial charge in [-0.1, -0.05) is 6.92 Å². The summed E-state index contributed by atoms with van der Waals surface area (Å²) in [6, 6.07) is 2.99.